The van der Waals surface area contributed by atoms with E-state index in [4.69, 9.17) is 0 Å². The Bertz CT molecular complexity index is 499. The topological polar surface area (TPSA) is 74.2 Å². The normalized spacial score (nSPS) is 15.9. The lowest BCUT2D eigenvalue weighted by molar-refractivity contribution is -0.131. The van der Waals surface area contributed by atoms with E-state index in [0.29, 0.717) is 5.95 Å². The first-order valence-corrected chi connectivity index (χ1v) is 8.14. The third-order valence-corrected chi connectivity index (χ3v) is 4.08. The Balaban J connectivity index is 1.86. The van der Waals surface area contributed by atoms with Crippen molar-refractivity contribution in [2.75, 3.05) is 44.6 Å². The van der Waals surface area contributed by atoms with Crippen LogP contribution in [-0.2, 0) is 17.6 Å². The van der Waals surface area contributed by atoms with Crippen LogP contribution in [0.25, 0.3) is 0 Å². The van der Waals surface area contributed by atoms with Crippen LogP contribution in [0.15, 0.2) is 0 Å². The molecule has 7 nitrogen and oxygen atoms in total. The molecule has 0 aromatic carbocycles. The molecule has 7 heteroatoms. The monoisotopic (exact) mass is 306 g/mol. The van der Waals surface area contributed by atoms with Crippen LogP contribution in [0.5, 0.6) is 0 Å². The Morgan fingerprint density at radius 2 is 1.73 bits per heavy atom. The van der Waals surface area contributed by atoms with Gasteiger partial charge in [0, 0.05) is 26.2 Å². The molecule has 2 heterocycles. The van der Waals surface area contributed by atoms with Gasteiger partial charge in [-0.1, -0.05) is 20.8 Å². The molecule has 1 aliphatic rings. The van der Waals surface area contributed by atoms with Gasteiger partial charge < -0.3 is 15.1 Å². The lowest BCUT2D eigenvalue weighted by Crippen LogP contribution is -2.49. The van der Waals surface area contributed by atoms with Crippen molar-refractivity contribution in [3.8, 4) is 0 Å². The van der Waals surface area contributed by atoms with Gasteiger partial charge in [-0.3, -0.25) is 4.79 Å². The molecule has 0 radical (unpaired) electrons. The van der Waals surface area contributed by atoms with E-state index < -0.39 is 0 Å². The molecule has 1 aliphatic heterocycles. The van der Waals surface area contributed by atoms with Crippen molar-refractivity contribution >= 4 is 11.9 Å². The minimum absolute atomic E-state index is 0.0944. The maximum Gasteiger partial charge on any atom is 0.243 e. The van der Waals surface area contributed by atoms with Crippen molar-refractivity contribution in [2.24, 2.45) is 0 Å². The number of likely N-dealkylation sites (N-methyl/N-ethyl adjacent to an activating group) is 1. The molecular formula is C15H26N6O. The van der Waals surface area contributed by atoms with Crippen LogP contribution in [-0.4, -0.2) is 70.2 Å². The highest BCUT2D eigenvalue weighted by molar-refractivity contribution is 5.80. The molecule has 2 rings (SSSR count). The quantitative estimate of drug-likeness (QED) is 0.828. The smallest absolute Gasteiger partial charge is 0.243 e. The molecule has 1 saturated heterocycles. The summed E-state index contributed by atoms with van der Waals surface area (Å²) in [5, 5.41) is 11.2. The number of hydrogen-bond donors (Lipinski definition) is 1. The van der Waals surface area contributed by atoms with Gasteiger partial charge in [0.2, 0.25) is 11.9 Å². The fourth-order valence-corrected chi connectivity index (χ4v) is 2.59. The van der Waals surface area contributed by atoms with E-state index in [0.717, 1.165) is 57.0 Å². The lowest BCUT2D eigenvalue weighted by Gasteiger charge is -2.34. The molecule has 0 spiro atoms. The largest absolute Gasteiger partial charge is 0.344 e. The third-order valence-electron chi connectivity index (χ3n) is 4.08. The van der Waals surface area contributed by atoms with E-state index in [9.17, 15) is 4.79 Å². The number of anilines is 1. The Kier molecular flexibility index (Phi) is 6.06. The fourth-order valence-electron chi connectivity index (χ4n) is 2.59. The first-order valence-electron chi connectivity index (χ1n) is 8.14. The summed E-state index contributed by atoms with van der Waals surface area (Å²) < 4.78 is 0. The van der Waals surface area contributed by atoms with Gasteiger partial charge in [0.1, 0.15) is 0 Å². The zero-order valence-electron chi connectivity index (χ0n) is 13.8. The number of hydrogen-bond acceptors (Lipinski definition) is 6. The lowest BCUT2D eigenvalue weighted by atomic mass is 10.2. The van der Waals surface area contributed by atoms with Crippen LogP contribution < -0.4 is 5.32 Å². The minimum Gasteiger partial charge on any atom is -0.344 e. The molecule has 1 N–H and O–H groups in total. The van der Waals surface area contributed by atoms with Gasteiger partial charge in [-0.05, 0) is 19.4 Å². The van der Waals surface area contributed by atoms with Crippen LogP contribution in [0, 0.1) is 0 Å². The van der Waals surface area contributed by atoms with E-state index in [2.05, 4.69) is 32.3 Å². The van der Waals surface area contributed by atoms with Crippen molar-refractivity contribution < 1.29 is 4.79 Å². The first-order chi connectivity index (χ1) is 10.7. The van der Waals surface area contributed by atoms with Gasteiger partial charge in [-0.15, -0.1) is 5.10 Å². The summed E-state index contributed by atoms with van der Waals surface area (Å²) in [5.41, 5.74) is 1.87. The molecule has 22 heavy (non-hydrogen) atoms. The highest BCUT2D eigenvalue weighted by Gasteiger charge is 2.20. The average molecular weight is 306 g/mol. The predicted molar refractivity (Wildman–Crippen MR) is 85.8 cm³/mol. The molecule has 122 valence electrons. The number of carbonyl (C=O) groups excluding carboxylic acids is 1. The molecule has 1 amide bonds. The summed E-state index contributed by atoms with van der Waals surface area (Å²) in [6.45, 7) is 11.0. The van der Waals surface area contributed by atoms with Gasteiger partial charge in [0.25, 0.3) is 0 Å². The molecule has 0 saturated carbocycles. The summed E-state index contributed by atoms with van der Waals surface area (Å²) in [4.78, 5) is 20.9. The molecule has 0 atom stereocenters. The molecule has 0 unspecified atom stereocenters. The zero-order valence-corrected chi connectivity index (χ0v) is 13.8. The zero-order chi connectivity index (χ0) is 15.9. The van der Waals surface area contributed by atoms with E-state index in [1.165, 1.54) is 0 Å². The Morgan fingerprint density at radius 3 is 2.32 bits per heavy atom. The van der Waals surface area contributed by atoms with E-state index >= 15 is 0 Å². The third kappa shape index (κ3) is 4.13. The summed E-state index contributed by atoms with van der Waals surface area (Å²) >= 11 is 0. The van der Waals surface area contributed by atoms with Crippen LogP contribution in [0.3, 0.4) is 0 Å². The second-order valence-electron chi connectivity index (χ2n) is 5.40. The fraction of sp³-hybridized carbons (Fsp3) is 0.733. The number of nitrogens with zero attached hydrogens (tertiary/aromatic N) is 5. The number of aromatic nitrogens is 3. The highest BCUT2D eigenvalue weighted by atomic mass is 16.2. The van der Waals surface area contributed by atoms with Gasteiger partial charge in [0.05, 0.1) is 17.9 Å². The van der Waals surface area contributed by atoms with Crippen molar-refractivity contribution in [1.29, 1.82) is 0 Å². The Labute approximate surface area is 132 Å². The van der Waals surface area contributed by atoms with E-state index in [-0.39, 0.29) is 12.5 Å². The van der Waals surface area contributed by atoms with E-state index in [1.54, 1.807) is 0 Å². The van der Waals surface area contributed by atoms with Gasteiger partial charge in [-0.2, -0.15) is 5.10 Å². The van der Waals surface area contributed by atoms with Crippen LogP contribution in [0.2, 0.25) is 0 Å². The van der Waals surface area contributed by atoms with Gasteiger partial charge >= 0.3 is 0 Å². The SMILES string of the molecule is CCc1nnc(NCC(=O)N2CCN(CC)CC2)nc1CC. The number of carbonyl (C=O) groups is 1. The minimum atomic E-state index is 0.0944. The standard InChI is InChI=1S/C15H26N6O/c1-4-12-13(5-2)18-19-15(17-12)16-11-14(22)21-9-7-20(6-3)8-10-21/h4-11H2,1-3H3,(H,16,17,19). The molecule has 0 bridgehead atoms. The van der Waals surface area contributed by atoms with Crippen LogP contribution in [0.1, 0.15) is 32.2 Å². The van der Waals surface area contributed by atoms with Crippen molar-refractivity contribution in [3.05, 3.63) is 11.4 Å². The summed E-state index contributed by atoms with van der Waals surface area (Å²) in [6.07, 6.45) is 1.64. The number of piperazine rings is 1. The van der Waals surface area contributed by atoms with Crippen molar-refractivity contribution in [3.63, 3.8) is 0 Å². The molecule has 1 aromatic rings. The summed E-state index contributed by atoms with van der Waals surface area (Å²) in [7, 11) is 0. The summed E-state index contributed by atoms with van der Waals surface area (Å²) in [5.74, 6) is 0.534. The number of rotatable bonds is 6. The molecular weight excluding hydrogens is 280 g/mol. The Morgan fingerprint density at radius 1 is 1.05 bits per heavy atom. The van der Waals surface area contributed by atoms with Crippen molar-refractivity contribution in [2.45, 2.75) is 33.6 Å². The Hall–Kier alpha value is -1.76. The maximum absolute atomic E-state index is 12.2. The molecule has 0 aliphatic carbocycles. The molecule has 1 aromatic heterocycles. The number of aryl methyl sites for hydroxylation is 2. The highest BCUT2D eigenvalue weighted by Crippen LogP contribution is 2.07. The van der Waals surface area contributed by atoms with Crippen LogP contribution >= 0.6 is 0 Å². The van der Waals surface area contributed by atoms with Gasteiger partial charge in [-0.25, -0.2) is 4.98 Å². The number of amides is 1. The second kappa shape index (κ2) is 8.03. The average Bonchev–Trinajstić information content (AvgIpc) is 2.59. The number of nitrogens with one attached hydrogen (secondary N) is 1. The molecule has 1 fully saturated rings. The first kappa shape index (κ1) is 16.6. The summed E-state index contributed by atoms with van der Waals surface area (Å²) in [6, 6.07) is 0. The maximum atomic E-state index is 12.2. The predicted octanol–water partition coefficient (Wildman–Crippen LogP) is 0.572. The second-order valence-corrected chi connectivity index (χ2v) is 5.40. The van der Waals surface area contributed by atoms with Gasteiger partial charge in [0.15, 0.2) is 0 Å². The van der Waals surface area contributed by atoms with Crippen LogP contribution in [0.4, 0.5) is 5.95 Å². The van der Waals surface area contributed by atoms with E-state index in [1.807, 2.05) is 18.7 Å². The van der Waals surface area contributed by atoms with Crippen molar-refractivity contribution in [1.82, 2.24) is 25.0 Å².